The molecule has 5 atom stereocenters. The van der Waals surface area contributed by atoms with E-state index in [2.05, 4.69) is 15.4 Å². The topological polar surface area (TPSA) is 361 Å². The summed E-state index contributed by atoms with van der Waals surface area (Å²) in [5.41, 5.74) is 16.2. The zero-order valence-corrected chi connectivity index (χ0v) is 44.8. The Kier molecular flexibility index (Phi) is 61.6. The molecule has 4 saturated heterocycles. The number of aliphatic carboxylic acids is 1. The van der Waals surface area contributed by atoms with Crippen LogP contribution in [0.2, 0.25) is 0 Å². The van der Waals surface area contributed by atoms with E-state index in [9.17, 15) is 19.2 Å². The van der Waals surface area contributed by atoms with E-state index in [1.807, 2.05) is 0 Å². The van der Waals surface area contributed by atoms with Gasteiger partial charge in [-0.2, -0.15) is 8.42 Å². The van der Waals surface area contributed by atoms with Crippen molar-refractivity contribution in [2.24, 2.45) is 46.8 Å². The molecule has 0 aromatic carbocycles. The number of esters is 2. The Labute approximate surface area is 495 Å². The number of nitrogens with two attached hydrogens (primary N) is 3. The van der Waals surface area contributed by atoms with Gasteiger partial charge in [-0.1, -0.05) is 7.43 Å². The van der Waals surface area contributed by atoms with Crippen LogP contribution in [0.1, 0.15) is 121 Å². The van der Waals surface area contributed by atoms with E-state index < -0.39 is 22.4 Å². The number of aliphatic hydroxyl groups is 2. The molecule has 5 saturated carbocycles. The molecule has 9 rings (SSSR count). The number of carboxylic acids is 1. The molecule has 9 fully saturated rings. The summed E-state index contributed by atoms with van der Waals surface area (Å²) in [5.74, 6) is 1.50. The molecule has 432 valence electrons. The van der Waals surface area contributed by atoms with Crippen molar-refractivity contribution >= 4 is 80.5 Å². The molecule has 13 N–H and O–H groups in total. The van der Waals surface area contributed by atoms with Crippen LogP contribution in [0.3, 0.4) is 0 Å². The standard InChI is InChI=1S/C7H11NO2.C7H13NO2.C7H13NO.C5H9NO2.C5H11NO.C4H7ClO2.2C4H8O.C2H6O.CH4.2Al.2Li.H2O4S.8H/c9-7-4-10-3-6(8-7)5-1-2-5;1-2-10-7(9)6(8)5-3-4-5;1-2-6(1)7-5-9-4-3-8-7;6-4(5(7)8)3-1-2-3;6-5(3-7)4-1-2-4;1-2-7-4(6)3-5;2*1-2-4-5-3-1;1-2-3;;;;;;1-5(2,3)4;;;;;;;;/h5-6H,1-4H2,(H,8,9);5-6H,2-4,8H2,1H3;6-8H,1-5H2;3-4H,1-2,6H2,(H,7,8);4-5,7H,1-3,6H2;2-3H2,1H3;2*1-4H2;3H,2H2,1H3;1H4;;;;;(H2,1,2,3,4);;;;;;;;/q;;;;;;;;;;;;2*+1;;;;;;;;2*-1/t2*6-;7-;4-;5-;;;;;;;;;;;;;;;;;;/m10101................../s1. The van der Waals surface area contributed by atoms with Crippen LogP contribution >= 0.6 is 11.6 Å². The van der Waals surface area contributed by atoms with Gasteiger partial charge in [0.25, 0.3) is 0 Å². The van der Waals surface area contributed by atoms with Crippen LogP contribution in [0.4, 0.5) is 0 Å². The van der Waals surface area contributed by atoms with E-state index in [4.69, 9.17) is 85.3 Å². The first kappa shape index (κ1) is 85.2. The second-order valence-electron chi connectivity index (χ2n) is 17.3. The molecular weight excluding hydrogens is 1030 g/mol. The number of morpholine rings is 2. The van der Waals surface area contributed by atoms with Gasteiger partial charge in [-0.15, -0.1) is 11.6 Å². The number of carbonyl (C=O) groups is 4. The van der Waals surface area contributed by atoms with E-state index in [1.54, 1.807) is 20.8 Å². The minimum Gasteiger partial charge on any atom is -1.00 e. The summed E-state index contributed by atoms with van der Waals surface area (Å²) < 4.78 is 61.0. The third kappa shape index (κ3) is 55.2. The van der Waals surface area contributed by atoms with Gasteiger partial charge >= 0.3 is 66.0 Å². The maximum Gasteiger partial charge on any atom is 1.00 e. The Hall–Kier alpha value is -0.100. The fourth-order valence-electron chi connectivity index (χ4n) is 6.15. The van der Waals surface area contributed by atoms with Gasteiger partial charge in [0.1, 0.15) is 24.6 Å². The molecule has 0 radical (unpaired) electrons. The molecule has 0 aromatic rings. The van der Waals surface area contributed by atoms with E-state index in [1.165, 1.54) is 64.2 Å². The number of amides is 1. The van der Waals surface area contributed by atoms with Crippen molar-refractivity contribution in [1.29, 1.82) is 0 Å². The Balaban J connectivity index is -0.000000113. The summed E-state index contributed by atoms with van der Waals surface area (Å²) in [6.45, 7) is 14.3. The molecule has 74 heavy (non-hydrogen) atoms. The number of carbonyl (C=O) groups excluding carboxylic acids is 3. The van der Waals surface area contributed by atoms with E-state index in [0.717, 1.165) is 84.4 Å². The summed E-state index contributed by atoms with van der Waals surface area (Å²) in [7, 11) is -4.67. The van der Waals surface area contributed by atoms with Crippen LogP contribution in [-0.2, 0) is 58.0 Å². The van der Waals surface area contributed by atoms with E-state index >= 15 is 0 Å². The van der Waals surface area contributed by atoms with Gasteiger partial charge in [0, 0.05) is 51.7 Å². The summed E-state index contributed by atoms with van der Waals surface area (Å²) in [4.78, 5) is 41.8. The average Bonchev–Trinajstić information content (AvgIpc) is 4.08. The summed E-state index contributed by atoms with van der Waals surface area (Å²) >= 11 is 5.06. The number of rotatable bonds is 11. The third-order valence-corrected chi connectivity index (χ3v) is 11.0. The average molecular weight is 1130 g/mol. The minimum absolute atomic E-state index is 0. The quantitative estimate of drug-likeness (QED) is 0.0399. The van der Waals surface area contributed by atoms with Crippen LogP contribution in [0.5, 0.6) is 0 Å². The second kappa shape index (κ2) is 53.5. The largest absolute Gasteiger partial charge is 1.00 e. The van der Waals surface area contributed by atoms with Crippen molar-refractivity contribution < 1.29 is 121 Å². The molecule has 22 nitrogen and oxygen atoms in total. The smallest absolute Gasteiger partial charge is 1.00 e. The molecule has 4 aliphatic heterocycles. The van der Waals surface area contributed by atoms with Crippen molar-refractivity contribution in [3.63, 3.8) is 0 Å². The number of carboxylic acid groups (broad SMARTS) is 1. The van der Waals surface area contributed by atoms with Crippen LogP contribution in [0.15, 0.2) is 0 Å². The zero-order valence-electron chi connectivity index (χ0n) is 45.2. The molecule has 0 unspecified atom stereocenters. The Morgan fingerprint density at radius 2 is 1.11 bits per heavy atom. The number of ether oxygens (including phenoxy) is 6. The molecule has 0 bridgehead atoms. The first-order chi connectivity index (χ1) is 32.9. The van der Waals surface area contributed by atoms with Crippen LogP contribution < -0.4 is 65.6 Å². The zero-order chi connectivity index (χ0) is 52.0. The van der Waals surface area contributed by atoms with Gasteiger partial charge in [-0.25, -0.2) is 0 Å². The monoisotopic (exact) mass is 1130 g/mol. The van der Waals surface area contributed by atoms with E-state index in [0.29, 0.717) is 43.1 Å². The molecule has 5 aliphatic carbocycles. The summed E-state index contributed by atoms with van der Waals surface area (Å²) in [5, 5.41) is 30.6. The number of hydrogen-bond donors (Lipinski definition) is 10. The number of aliphatic hydroxyl groups excluding tert-OH is 2. The summed E-state index contributed by atoms with van der Waals surface area (Å²) in [6.07, 6.45) is 17.1. The van der Waals surface area contributed by atoms with E-state index in [-0.39, 0.29) is 144 Å². The maximum atomic E-state index is 10.9. The van der Waals surface area contributed by atoms with Crippen LogP contribution in [0.25, 0.3) is 0 Å². The summed E-state index contributed by atoms with van der Waals surface area (Å²) in [6, 6.07) is 0.120. The number of hydrogen-bond acceptors (Lipinski definition) is 18. The molecule has 1 amide bonds. The Bertz CT molecular complexity index is 1430. The minimum atomic E-state index is -4.67. The van der Waals surface area contributed by atoms with Crippen LogP contribution in [0, 0.1) is 29.6 Å². The fourth-order valence-corrected chi connectivity index (χ4v) is 6.22. The van der Waals surface area contributed by atoms with Crippen molar-refractivity contribution in [2.75, 3.05) is 91.7 Å². The van der Waals surface area contributed by atoms with Gasteiger partial charge in [0.2, 0.25) is 5.91 Å². The first-order valence-electron chi connectivity index (χ1n) is 24.5. The predicted molar refractivity (Wildman–Crippen MR) is 287 cm³/mol. The number of halogens is 1. The van der Waals surface area contributed by atoms with Crippen molar-refractivity contribution in [3.8, 4) is 0 Å². The Morgan fingerprint density at radius 3 is 1.36 bits per heavy atom. The second-order valence-corrected chi connectivity index (χ2v) is 18.5. The van der Waals surface area contributed by atoms with Crippen molar-refractivity contribution in [2.45, 2.75) is 148 Å². The molecule has 28 heteroatoms. The predicted octanol–water partition coefficient (Wildman–Crippen LogP) is -5.66. The molecule has 4 heterocycles. The maximum absolute atomic E-state index is 10.9. The van der Waals surface area contributed by atoms with Crippen LogP contribution in [-0.4, -0.2) is 213 Å². The van der Waals surface area contributed by atoms with Gasteiger partial charge in [-0.05, 0) is 140 Å². The number of alkyl halides is 1. The normalized spacial score (nSPS) is 21.6. The van der Waals surface area contributed by atoms with Gasteiger partial charge in [0.15, 0.2) is 34.7 Å². The van der Waals surface area contributed by atoms with Crippen molar-refractivity contribution in [3.05, 3.63) is 0 Å². The fraction of sp³-hybridized carbons (Fsp3) is 0.913. The van der Waals surface area contributed by atoms with Gasteiger partial charge in [-0.3, -0.25) is 28.3 Å². The molecular formula is C46H100Al2ClLi2N5O17S. The molecule has 0 aromatic heterocycles. The first-order valence-corrected chi connectivity index (χ1v) is 26.4. The van der Waals surface area contributed by atoms with Gasteiger partial charge < -0.3 is 74.4 Å². The van der Waals surface area contributed by atoms with Gasteiger partial charge in [0.05, 0.1) is 45.7 Å². The molecule has 0 spiro atoms. The SMILES string of the molecule is C.C1CCOC1.C1CCOC1.C1COC[C@H](C2CC2)N1.CCO.CCOC(=O)CCl.CCOC(=O)[C@@H](N)C1CC1.N[C@H](C(=O)O)C1CC1.N[C@H](CO)C1CC1.O=C1COC[C@H](C2CC2)N1.O=S(=O)(O)O.[AlH3].[AlH3].[H-].[H-].[Li+].[Li+]. The molecule has 9 aliphatic rings. The van der Waals surface area contributed by atoms with Crippen molar-refractivity contribution in [1.82, 2.24) is 10.6 Å². The third-order valence-electron chi connectivity index (χ3n) is 10.8. The number of nitrogens with one attached hydrogen (secondary N) is 2. The Morgan fingerprint density at radius 1 is 0.703 bits per heavy atom.